The highest BCUT2D eigenvalue weighted by molar-refractivity contribution is 7.99. The Bertz CT molecular complexity index is 700. The third-order valence-electron chi connectivity index (χ3n) is 3.27. The molecule has 7 nitrogen and oxygen atoms in total. The van der Waals surface area contributed by atoms with Crippen molar-refractivity contribution in [1.82, 2.24) is 20.8 Å². The molecule has 0 radical (unpaired) electrons. The summed E-state index contributed by atoms with van der Waals surface area (Å²) in [6.45, 7) is 5.81. The van der Waals surface area contributed by atoms with E-state index in [1.165, 1.54) is 0 Å². The summed E-state index contributed by atoms with van der Waals surface area (Å²) in [6.07, 6.45) is 0.792. The van der Waals surface area contributed by atoms with Gasteiger partial charge in [-0.1, -0.05) is 36.4 Å². The molecule has 1 heterocycles. The van der Waals surface area contributed by atoms with Crippen LogP contribution in [0.4, 0.5) is 4.79 Å². The van der Waals surface area contributed by atoms with Gasteiger partial charge in [-0.05, 0) is 32.4 Å². The van der Waals surface area contributed by atoms with Gasteiger partial charge in [0, 0.05) is 11.6 Å². The standard InChI is InChI=1S/C16H20N4O3S/c1-4-11(3)17-15(22)18-13(21)9-24-16-20-19-14(23-16)12-7-5-10(2)6-8-12/h5-8,11H,4,9H2,1-3H3,(H2,17,18,21,22)/t11-/m1/s1. The molecule has 1 aromatic heterocycles. The van der Waals surface area contributed by atoms with Crippen LogP contribution in [0.1, 0.15) is 25.8 Å². The van der Waals surface area contributed by atoms with Crippen LogP contribution in [0.5, 0.6) is 0 Å². The molecular weight excluding hydrogens is 328 g/mol. The molecule has 0 saturated heterocycles. The number of aryl methyl sites for hydroxylation is 1. The van der Waals surface area contributed by atoms with Gasteiger partial charge < -0.3 is 9.73 Å². The summed E-state index contributed by atoms with van der Waals surface area (Å²) in [4.78, 5) is 23.3. The Morgan fingerprint density at radius 1 is 1.25 bits per heavy atom. The highest BCUT2D eigenvalue weighted by atomic mass is 32.2. The molecule has 0 spiro atoms. The van der Waals surface area contributed by atoms with E-state index in [1.807, 2.05) is 45.0 Å². The minimum atomic E-state index is -0.499. The van der Waals surface area contributed by atoms with E-state index in [9.17, 15) is 9.59 Å². The molecule has 0 bridgehead atoms. The van der Waals surface area contributed by atoms with E-state index < -0.39 is 11.9 Å². The monoisotopic (exact) mass is 348 g/mol. The van der Waals surface area contributed by atoms with Crippen molar-refractivity contribution in [3.8, 4) is 11.5 Å². The summed E-state index contributed by atoms with van der Waals surface area (Å²) in [5, 5.41) is 13.0. The minimum absolute atomic E-state index is 0.0125. The maximum absolute atomic E-state index is 11.7. The average molecular weight is 348 g/mol. The molecule has 0 aliphatic heterocycles. The summed E-state index contributed by atoms with van der Waals surface area (Å²) in [7, 11) is 0. The second-order valence-electron chi connectivity index (χ2n) is 5.36. The number of imide groups is 1. The first kappa shape index (κ1) is 18.0. The topological polar surface area (TPSA) is 97.1 Å². The smallest absolute Gasteiger partial charge is 0.321 e. The van der Waals surface area contributed by atoms with Crippen LogP contribution < -0.4 is 10.6 Å². The predicted molar refractivity (Wildman–Crippen MR) is 91.6 cm³/mol. The molecule has 0 aliphatic rings. The van der Waals surface area contributed by atoms with Crippen LogP contribution in [0.25, 0.3) is 11.5 Å². The highest BCUT2D eigenvalue weighted by Gasteiger charge is 2.13. The van der Waals surface area contributed by atoms with E-state index in [0.29, 0.717) is 5.89 Å². The Balaban J connectivity index is 1.83. The second-order valence-corrected chi connectivity index (χ2v) is 6.29. The lowest BCUT2D eigenvalue weighted by atomic mass is 10.1. The number of amides is 3. The molecule has 2 N–H and O–H groups in total. The van der Waals surface area contributed by atoms with Crippen molar-refractivity contribution in [3.05, 3.63) is 29.8 Å². The molecule has 1 aromatic carbocycles. The van der Waals surface area contributed by atoms with Gasteiger partial charge in [-0.25, -0.2) is 4.79 Å². The number of urea groups is 1. The summed E-state index contributed by atoms with van der Waals surface area (Å²) in [5.74, 6) is -0.00739. The lowest BCUT2D eigenvalue weighted by molar-refractivity contribution is -0.117. The summed E-state index contributed by atoms with van der Waals surface area (Å²) in [6, 6.07) is 7.21. The minimum Gasteiger partial charge on any atom is -0.411 e. The van der Waals surface area contributed by atoms with Crippen LogP contribution in [-0.4, -0.2) is 33.9 Å². The third-order valence-corrected chi connectivity index (χ3v) is 4.09. The quantitative estimate of drug-likeness (QED) is 0.779. The third kappa shape index (κ3) is 5.38. The Kier molecular flexibility index (Phi) is 6.36. The highest BCUT2D eigenvalue weighted by Crippen LogP contribution is 2.23. The normalized spacial score (nSPS) is 11.8. The Morgan fingerprint density at radius 2 is 1.96 bits per heavy atom. The van der Waals surface area contributed by atoms with Crippen LogP contribution in [0.15, 0.2) is 33.9 Å². The van der Waals surface area contributed by atoms with Crippen LogP contribution in [0.2, 0.25) is 0 Å². The van der Waals surface area contributed by atoms with E-state index >= 15 is 0 Å². The van der Waals surface area contributed by atoms with Crippen molar-refractivity contribution in [2.75, 3.05) is 5.75 Å². The Hall–Kier alpha value is -2.35. The number of nitrogens with zero attached hydrogens (tertiary/aromatic N) is 2. The molecule has 0 fully saturated rings. The Labute approximate surface area is 144 Å². The zero-order valence-electron chi connectivity index (χ0n) is 13.8. The van der Waals surface area contributed by atoms with Crippen LogP contribution >= 0.6 is 11.8 Å². The zero-order valence-corrected chi connectivity index (χ0v) is 14.6. The van der Waals surface area contributed by atoms with Gasteiger partial charge in [0.05, 0.1) is 5.75 Å². The van der Waals surface area contributed by atoms with Crippen molar-refractivity contribution in [1.29, 1.82) is 0 Å². The maximum Gasteiger partial charge on any atom is 0.321 e. The Morgan fingerprint density at radius 3 is 2.62 bits per heavy atom. The first-order chi connectivity index (χ1) is 11.5. The zero-order chi connectivity index (χ0) is 17.5. The van der Waals surface area contributed by atoms with Crippen molar-refractivity contribution in [2.45, 2.75) is 38.5 Å². The fraction of sp³-hybridized carbons (Fsp3) is 0.375. The number of hydrogen-bond acceptors (Lipinski definition) is 6. The predicted octanol–water partition coefficient (Wildman–Crippen LogP) is 2.76. The molecule has 0 saturated carbocycles. The van der Waals surface area contributed by atoms with Crippen LogP contribution in [0.3, 0.4) is 0 Å². The second kappa shape index (κ2) is 8.49. The number of aromatic nitrogens is 2. The van der Waals surface area contributed by atoms with Crippen molar-refractivity contribution in [3.63, 3.8) is 0 Å². The van der Waals surface area contributed by atoms with Gasteiger partial charge in [0.1, 0.15) is 0 Å². The molecule has 3 amide bonds. The van der Waals surface area contributed by atoms with Gasteiger partial charge in [0.2, 0.25) is 11.8 Å². The number of hydrogen-bond donors (Lipinski definition) is 2. The van der Waals surface area contributed by atoms with Crippen molar-refractivity contribution in [2.24, 2.45) is 0 Å². The molecular formula is C16H20N4O3S. The van der Waals surface area contributed by atoms with E-state index in [-0.39, 0.29) is 17.0 Å². The molecule has 2 aromatic rings. The number of nitrogens with one attached hydrogen (secondary N) is 2. The van der Waals surface area contributed by atoms with E-state index in [1.54, 1.807) is 0 Å². The summed E-state index contributed by atoms with van der Waals surface area (Å²) in [5.41, 5.74) is 1.96. The number of benzene rings is 1. The van der Waals surface area contributed by atoms with E-state index in [0.717, 1.165) is 29.3 Å². The van der Waals surface area contributed by atoms with Gasteiger partial charge >= 0.3 is 6.03 Å². The average Bonchev–Trinajstić information content (AvgIpc) is 3.02. The van der Waals surface area contributed by atoms with Crippen LogP contribution in [0, 0.1) is 6.92 Å². The van der Waals surface area contributed by atoms with Crippen molar-refractivity contribution >= 4 is 23.7 Å². The fourth-order valence-electron chi connectivity index (χ4n) is 1.73. The SMILES string of the molecule is CC[C@@H](C)NC(=O)NC(=O)CSc1nnc(-c2ccc(C)cc2)o1. The van der Waals surface area contributed by atoms with Gasteiger partial charge in [-0.15, -0.1) is 10.2 Å². The van der Waals surface area contributed by atoms with Gasteiger partial charge in [-0.3, -0.25) is 10.1 Å². The molecule has 1 atom stereocenters. The number of thioether (sulfide) groups is 1. The van der Waals surface area contributed by atoms with E-state index in [4.69, 9.17) is 4.42 Å². The van der Waals surface area contributed by atoms with Gasteiger partial charge in [0.15, 0.2) is 0 Å². The number of rotatable bonds is 6. The van der Waals surface area contributed by atoms with E-state index in [2.05, 4.69) is 20.8 Å². The summed E-state index contributed by atoms with van der Waals surface area (Å²) >= 11 is 1.08. The molecule has 24 heavy (non-hydrogen) atoms. The van der Waals surface area contributed by atoms with Gasteiger partial charge in [-0.2, -0.15) is 0 Å². The van der Waals surface area contributed by atoms with Crippen LogP contribution in [-0.2, 0) is 4.79 Å². The fourth-order valence-corrected chi connectivity index (χ4v) is 2.30. The lowest BCUT2D eigenvalue weighted by Crippen LogP contribution is -2.43. The first-order valence-electron chi connectivity index (χ1n) is 7.61. The lowest BCUT2D eigenvalue weighted by Gasteiger charge is -2.11. The maximum atomic E-state index is 11.7. The summed E-state index contributed by atoms with van der Waals surface area (Å²) < 4.78 is 5.51. The number of carbonyl (C=O) groups excluding carboxylic acids is 2. The number of carbonyl (C=O) groups is 2. The largest absolute Gasteiger partial charge is 0.411 e. The molecule has 128 valence electrons. The molecule has 8 heteroatoms. The first-order valence-corrected chi connectivity index (χ1v) is 8.60. The molecule has 2 rings (SSSR count). The van der Waals surface area contributed by atoms with Gasteiger partial charge in [0.25, 0.3) is 5.22 Å². The molecule has 0 aliphatic carbocycles. The molecule has 0 unspecified atom stereocenters. The van der Waals surface area contributed by atoms with Crippen molar-refractivity contribution < 1.29 is 14.0 Å².